The highest BCUT2D eigenvalue weighted by atomic mass is 32.2. The Morgan fingerprint density at radius 3 is 2.79 bits per heavy atom. The molecule has 7 heteroatoms. The molecule has 2 aliphatic heterocycles. The first-order valence-corrected chi connectivity index (χ1v) is 7.58. The van der Waals surface area contributed by atoms with Crippen LogP contribution >= 0.6 is 11.8 Å². The minimum Gasteiger partial charge on any atom is -0.480 e. The molecule has 2 heterocycles. The zero-order valence-corrected chi connectivity index (χ0v) is 12.1. The Bertz CT molecular complexity index is 360. The summed E-state index contributed by atoms with van der Waals surface area (Å²) in [6.45, 7) is 3.18. The predicted molar refractivity (Wildman–Crippen MR) is 72.2 cm³/mol. The van der Waals surface area contributed by atoms with Crippen molar-refractivity contribution in [2.24, 2.45) is 0 Å². The molecule has 0 spiro atoms. The number of rotatable bonds is 3. The van der Waals surface area contributed by atoms with Crippen molar-refractivity contribution in [2.45, 2.75) is 37.2 Å². The van der Waals surface area contributed by atoms with E-state index in [9.17, 15) is 14.7 Å². The van der Waals surface area contributed by atoms with E-state index in [0.717, 1.165) is 12.8 Å². The maximum absolute atomic E-state index is 12.5. The number of hydrogen-bond donors (Lipinski definition) is 1. The molecule has 2 fully saturated rings. The number of thioether (sulfide) groups is 1. The lowest BCUT2D eigenvalue weighted by Gasteiger charge is -2.33. The molecule has 1 N–H and O–H groups in total. The summed E-state index contributed by atoms with van der Waals surface area (Å²) in [5, 5.41) is 9.20. The van der Waals surface area contributed by atoms with Crippen LogP contribution in [0.3, 0.4) is 0 Å². The Balaban J connectivity index is 2.11. The van der Waals surface area contributed by atoms with E-state index in [0.29, 0.717) is 19.0 Å². The van der Waals surface area contributed by atoms with Gasteiger partial charge in [-0.05, 0) is 12.8 Å². The Kier molecular flexibility index (Phi) is 4.57. The van der Waals surface area contributed by atoms with Gasteiger partial charge in [-0.15, -0.1) is 11.8 Å². The van der Waals surface area contributed by atoms with Gasteiger partial charge in [0.25, 0.3) is 0 Å². The van der Waals surface area contributed by atoms with Gasteiger partial charge in [0.2, 0.25) is 0 Å². The van der Waals surface area contributed by atoms with Crippen LogP contribution in [-0.2, 0) is 9.53 Å². The highest BCUT2D eigenvalue weighted by molar-refractivity contribution is 8.00. The Hall–Kier alpha value is -0.950. The van der Waals surface area contributed by atoms with E-state index in [1.165, 1.54) is 4.90 Å². The zero-order valence-electron chi connectivity index (χ0n) is 11.2. The number of hydrogen-bond acceptors (Lipinski definition) is 4. The van der Waals surface area contributed by atoms with Gasteiger partial charge in [0.05, 0.1) is 18.0 Å². The molecule has 0 saturated carbocycles. The SMILES string of the molecule is CCC1SCC(C(=O)O)N1C(=O)N(C)C1CCOC1. The molecule has 0 radical (unpaired) electrons. The molecule has 108 valence electrons. The van der Waals surface area contributed by atoms with Crippen molar-refractivity contribution in [1.29, 1.82) is 0 Å². The number of aliphatic carboxylic acids is 1. The second kappa shape index (κ2) is 6.00. The van der Waals surface area contributed by atoms with E-state index in [-0.39, 0.29) is 17.4 Å². The molecular formula is C12H20N2O4S. The van der Waals surface area contributed by atoms with E-state index in [1.807, 2.05) is 6.92 Å². The van der Waals surface area contributed by atoms with E-state index >= 15 is 0 Å². The first-order valence-electron chi connectivity index (χ1n) is 6.53. The van der Waals surface area contributed by atoms with Crippen LogP contribution in [0.1, 0.15) is 19.8 Å². The molecule has 0 bridgehead atoms. The molecule has 0 aromatic rings. The van der Waals surface area contributed by atoms with E-state index in [2.05, 4.69) is 0 Å². The van der Waals surface area contributed by atoms with Gasteiger partial charge >= 0.3 is 12.0 Å². The summed E-state index contributed by atoms with van der Waals surface area (Å²) in [4.78, 5) is 27.0. The van der Waals surface area contributed by atoms with Gasteiger partial charge in [-0.25, -0.2) is 9.59 Å². The molecule has 0 aromatic heterocycles. The van der Waals surface area contributed by atoms with Crippen LogP contribution in [0.25, 0.3) is 0 Å². The van der Waals surface area contributed by atoms with Crippen molar-refractivity contribution in [1.82, 2.24) is 9.80 Å². The third-order valence-corrected chi connectivity index (χ3v) is 5.16. The molecule has 19 heavy (non-hydrogen) atoms. The molecule has 3 unspecified atom stereocenters. The lowest BCUT2D eigenvalue weighted by molar-refractivity contribution is -0.141. The lowest BCUT2D eigenvalue weighted by atomic mass is 10.2. The van der Waals surface area contributed by atoms with Gasteiger partial charge in [-0.1, -0.05) is 6.92 Å². The van der Waals surface area contributed by atoms with Crippen LogP contribution in [0, 0.1) is 0 Å². The summed E-state index contributed by atoms with van der Waals surface area (Å²) in [7, 11) is 1.73. The molecule has 2 aliphatic rings. The third-order valence-electron chi connectivity index (χ3n) is 3.70. The van der Waals surface area contributed by atoms with Crippen molar-refractivity contribution in [2.75, 3.05) is 26.0 Å². The number of carboxylic acids is 1. The molecule has 3 atom stereocenters. The van der Waals surface area contributed by atoms with E-state index < -0.39 is 12.0 Å². The van der Waals surface area contributed by atoms with Crippen LogP contribution in [0.4, 0.5) is 4.79 Å². The van der Waals surface area contributed by atoms with E-state index in [1.54, 1.807) is 23.7 Å². The van der Waals surface area contributed by atoms with Crippen LogP contribution in [0.5, 0.6) is 0 Å². The first kappa shape index (κ1) is 14.5. The van der Waals surface area contributed by atoms with Crippen molar-refractivity contribution >= 4 is 23.8 Å². The second-order valence-electron chi connectivity index (χ2n) is 4.87. The average Bonchev–Trinajstić information content (AvgIpc) is 3.05. The number of urea groups is 1. The number of nitrogens with zero attached hydrogens (tertiary/aromatic N) is 2. The topological polar surface area (TPSA) is 70.1 Å². The van der Waals surface area contributed by atoms with Gasteiger partial charge < -0.3 is 14.7 Å². The smallest absolute Gasteiger partial charge is 0.327 e. The molecule has 0 aromatic carbocycles. The fourth-order valence-electron chi connectivity index (χ4n) is 2.49. The van der Waals surface area contributed by atoms with Crippen LogP contribution in [0.15, 0.2) is 0 Å². The third kappa shape index (κ3) is 2.81. The Labute approximate surface area is 117 Å². The number of carboxylic acid groups (broad SMARTS) is 1. The fourth-order valence-corrected chi connectivity index (χ4v) is 3.83. The van der Waals surface area contributed by atoms with Gasteiger partial charge in [0, 0.05) is 19.4 Å². The number of likely N-dealkylation sites (N-methyl/N-ethyl adjacent to an activating group) is 1. The van der Waals surface area contributed by atoms with Crippen molar-refractivity contribution in [3.63, 3.8) is 0 Å². The standard InChI is InChI=1S/C12H20N2O4S/c1-3-10-14(9(7-19-10)11(15)16)12(17)13(2)8-4-5-18-6-8/h8-10H,3-7H2,1-2H3,(H,15,16). The van der Waals surface area contributed by atoms with Gasteiger partial charge in [0.1, 0.15) is 6.04 Å². The monoisotopic (exact) mass is 288 g/mol. The maximum Gasteiger partial charge on any atom is 0.327 e. The normalized spacial score (nSPS) is 30.6. The van der Waals surface area contributed by atoms with Crippen LogP contribution in [0.2, 0.25) is 0 Å². The summed E-state index contributed by atoms with van der Waals surface area (Å²) in [6.07, 6.45) is 1.58. The van der Waals surface area contributed by atoms with Crippen molar-refractivity contribution in [3.8, 4) is 0 Å². The fraction of sp³-hybridized carbons (Fsp3) is 0.833. The summed E-state index contributed by atoms with van der Waals surface area (Å²) in [5.41, 5.74) is 0. The first-order chi connectivity index (χ1) is 9.06. The highest BCUT2D eigenvalue weighted by Gasteiger charge is 2.43. The summed E-state index contributed by atoms with van der Waals surface area (Å²) in [5.74, 6) is -0.456. The largest absolute Gasteiger partial charge is 0.480 e. The number of carbonyl (C=O) groups is 2. The van der Waals surface area contributed by atoms with Crippen LogP contribution in [-0.4, -0.2) is 70.4 Å². The minimum absolute atomic E-state index is 0.0432. The molecule has 0 aliphatic carbocycles. The summed E-state index contributed by atoms with van der Waals surface area (Å²) >= 11 is 1.54. The van der Waals surface area contributed by atoms with Crippen molar-refractivity contribution < 1.29 is 19.4 Å². The number of carbonyl (C=O) groups excluding carboxylic acids is 1. The summed E-state index contributed by atoms with van der Waals surface area (Å²) < 4.78 is 5.28. The molecule has 6 nitrogen and oxygen atoms in total. The summed E-state index contributed by atoms with van der Waals surface area (Å²) in [6, 6.07) is -0.850. The molecule has 2 rings (SSSR count). The second-order valence-corrected chi connectivity index (χ2v) is 6.08. The molecular weight excluding hydrogens is 268 g/mol. The van der Waals surface area contributed by atoms with Gasteiger partial charge in [-0.3, -0.25) is 4.90 Å². The number of amides is 2. The number of ether oxygens (including phenoxy) is 1. The van der Waals surface area contributed by atoms with Gasteiger partial charge in [-0.2, -0.15) is 0 Å². The zero-order chi connectivity index (χ0) is 14.0. The van der Waals surface area contributed by atoms with Gasteiger partial charge in [0.15, 0.2) is 0 Å². The molecule has 2 saturated heterocycles. The lowest BCUT2D eigenvalue weighted by Crippen LogP contribution is -2.53. The Morgan fingerprint density at radius 2 is 2.26 bits per heavy atom. The van der Waals surface area contributed by atoms with Crippen molar-refractivity contribution in [3.05, 3.63) is 0 Å². The van der Waals surface area contributed by atoms with E-state index in [4.69, 9.17) is 4.74 Å². The average molecular weight is 288 g/mol. The van der Waals surface area contributed by atoms with Crippen LogP contribution < -0.4 is 0 Å². The Morgan fingerprint density at radius 1 is 1.53 bits per heavy atom. The maximum atomic E-state index is 12.5. The molecule has 2 amide bonds. The quantitative estimate of drug-likeness (QED) is 0.841. The highest BCUT2D eigenvalue weighted by Crippen LogP contribution is 2.32. The predicted octanol–water partition coefficient (Wildman–Crippen LogP) is 1.07. The minimum atomic E-state index is -0.923.